The molecule has 1 aliphatic heterocycles. The number of hydrogen-bond acceptors (Lipinski definition) is 5. The molecular weight excluding hydrogens is 218 g/mol. The van der Waals surface area contributed by atoms with Gasteiger partial charge in [0.15, 0.2) is 0 Å². The molecule has 6 nitrogen and oxygen atoms in total. The summed E-state index contributed by atoms with van der Waals surface area (Å²) in [6, 6.07) is 1.19. The fraction of sp³-hybridized carbons (Fsp3) is 0. The molecule has 0 bridgehead atoms. The Morgan fingerprint density at radius 3 is 2.00 bits per heavy atom. The van der Waals surface area contributed by atoms with Crippen molar-refractivity contribution in [3.05, 3.63) is 10.7 Å². The Balaban J connectivity index is 0. The zero-order valence-corrected chi connectivity index (χ0v) is 11.8. The molecule has 1 heterocycles. The molecule has 0 atom stereocenters. The van der Waals surface area contributed by atoms with E-state index in [1.54, 1.807) is 0 Å². The maximum absolute atomic E-state index is 10.6. The van der Waals surface area contributed by atoms with Crippen molar-refractivity contribution in [2.75, 3.05) is 0 Å². The maximum atomic E-state index is 10.6. The topological polar surface area (TPSA) is 107 Å². The van der Waals surface area contributed by atoms with Crippen LogP contribution in [0.5, 0.6) is 0 Å². The molecule has 13 heavy (non-hydrogen) atoms. The first kappa shape index (κ1) is 15.9. The molecule has 0 aromatic rings. The summed E-state index contributed by atoms with van der Waals surface area (Å²) in [5, 5.41) is 16.8. The van der Waals surface area contributed by atoms with E-state index in [0.29, 0.717) is 0 Å². The second-order valence-electron chi connectivity index (χ2n) is 1.72. The van der Waals surface area contributed by atoms with Gasteiger partial charge in [0.1, 0.15) is 6.07 Å². The number of rotatable bonds is 0. The van der Waals surface area contributed by atoms with Crippen LogP contribution < -0.4 is 4.72 Å². The van der Waals surface area contributed by atoms with Crippen molar-refractivity contribution in [3.8, 4) is 6.07 Å². The van der Waals surface area contributed by atoms with Crippen molar-refractivity contribution >= 4 is 75.0 Å². The molecule has 0 fully saturated rings. The Labute approximate surface area is 119 Å². The number of allylic oxidation sites excluding steroid dienone is 1. The van der Waals surface area contributed by atoms with Gasteiger partial charge in [0.25, 0.3) is 10.0 Å². The van der Waals surface area contributed by atoms with Crippen LogP contribution >= 0.6 is 0 Å². The third-order valence-corrected chi connectivity index (χ3v) is 2.30. The normalized spacial score (nSPS) is 17.9. The number of hydrogen-bond donors (Lipinski definition) is 2. The number of amides is 1. The Morgan fingerprint density at radius 2 is 1.85 bits per heavy atom. The Hall–Kier alpha value is 0.450. The molecule has 0 unspecified atom stereocenters. The van der Waals surface area contributed by atoms with Gasteiger partial charge in [0, 0.05) is 59.1 Å². The summed E-state index contributed by atoms with van der Waals surface area (Å²) in [6.07, 6.45) is 0. The maximum Gasteiger partial charge on any atom is 0.302 e. The van der Waals surface area contributed by atoms with Crippen LogP contribution in [0, 0.1) is 11.3 Å². The third-order valence-electron chi connectivity index (χ3n) is 1.03. The predicted molar refractivity (Wildman–Crippen MR) is 43.8 cm³/mol. The van der Waals surface area contributed by atoms with E-state index in [9.17, 15) is 13.2 Å². The molecule has 9 heteroatoms. The van der Waals surface area contributed by atoms with Gasteiger partial charge in [0.2, 0.25) is 10.7 Å². The predicted octanol–water partition coefficient (Wildman–Crippen LogP) is -2.02. The van der Waals surface area contributed by atoms with Gasteiger partial charge in [-0.2, -0.15) is 5.26 Å². The zero-order valence-electron chi connectivity index (χ0n) is 7.03. The van der Waals surface area contributed by atoms with E-state index in [1.807, 2.05) is 0 Å². The molecule has 2 N–H and O–H groups in total. The number of aliphatic hydroxyl groups is 1. The van der Waals surface area contributed by atoms with E-state index in [-0.39, 0.29) is 59.1 Å². The van der Waals surface area contributed by atoms with Crippen LogP contribution in [0.2, 0.25) is 0 Å². The summed E-state index contributed by atoms with van der Waals surface area (Å²) in [6.45, 7) is 0. The van der Waals surface area contributed by atoms with E-state index < -0.39 is 26.6 Å². The zero-order chi connectivity index (χ0) is 8.65. The molecule has 2 radical (unpaired) electrons. The number of nitriles is 1. The van der Waals surface area contributed by atoms with Gasteiger partial charge in [-0.25, -0.2) is 13.1 Å². The van der Waals surface area contributed by atoms with Crippen molar-refractivity contribution < 1.29 is 18.3 Å². The fourth-order valence-electron chi connectivity index (χ4n) is 0.565. The van der Waals surface area contributed by atoms with Crippen molar-refractivity contribution in [1.82, 2.24) is 4.72 Å². The van der Waals surface area contributed by atoms with Gasteiger partial charge < -0.3 is 5.11 Å². The van der Waals surface area contributed by atoms with E-state index in [0.717, 1.165) is 0 Å². The summed E-state index contributed by atoms with van der Waals surface area (Å²) in [4.78, 5) is 9.48. The Kier molecular flexibility index (Phi) is 6.56. The van der Waals surface area contributed by atoms with Gasteiger partial charge in [-0.3, -0.25) is 4.79 Å². The second kappa shape index (κ2) is 5.36. The van der Waals surface area contributed by atoms with Crippen LogP contribution in [0.3, 0.4) is 0 Å². The van der Waals surface area contributed by atoms with Gasteiger partial charge in [-0.05, 0) is 0 Å². The van der Waals surface area contributed by atoms with E-state index >= 15 is 0 Å². The van der Waals surface area contributed by atoms with Crippen molar-refractivity contribution in [1.29, 1.82) is 5.26 Å². The van der Waals surface area contributed by atoms with Gasteiger partial charge >= 0.3 is 5.91 Å². The number of nitrogens with zero attached hydrogens (tertiary/aromatic N) is 1. The minimum atomic E-state index is -4.07. The number of nitrogens with one attached hydrogen (secondary N) is 1. The van der Waals surface area contributed by atoms with Crippen LogP contribution in [0.15, 0.2) is 10.7 Å². The molecule has 0 spiro atoms. The van der Waals surface area contributed by atoms with Crippen molar-refractivity contribution in [3.63, 3.8) is 0 Å². The first-order chi connectivity index (χ1) is 4.99. The van der Waals surface area contributed by atoms with Crippen LogP contribution in [0.4, 0.5) is 0 Å². The number of aliphatic hydroxyl groups excluding tert-OH is 1. The molecule has 1 rings (SSSR count). The van der Waals surface area contributed by atoms with Crippen LogP contribution in [0.1, 0.15) is 0 Å². The van der Waals surface area contributed by atoms with Gasteiger partial charge in [-0.15, -0.1) is 0 Å². The Bertz CT molecular complexity index is 393. The first-order valence-corrected chi connectivity index (χ1v) is 3.88. The SMILES string of the molecule is N#CC1=C(O)C(=O)NS1(=O)=O.[Na].[Na]. The smallest absolute Gasteiger partial charge is 0.302 e. The number of sulfonamides is 1. The largest absolute Gasteiger partial charge is 0.502 e. The summed E-state index contributed by atoms with van der Waals surface area (Å²) < 4.78 is 22.7. The minimum absolute atomic E-state index is 0. The monoisotopic (exact) mass is 220 g/mol. The summed E-state index contributed by atoms with van der Waals surface area (Å²) >= 11 is 0. The van der Waals surface area contributed by atoms with Crippen molar-refractivity contribution in [2.45, 2.75) is 0 Å². The van der Waals surface area contributed by atoms with Crippen LogP contribution in [-0.4, -0.2) is 78.5 Å². The van der Waals surface area contributed by atoms with Gasteiger partial charge in [-0.1, -0.05) is 0 Å². The molecular formula is C4H2N2Na2O4S. The summed E-state index contributed by atoms with van der Waals surface area (Å²) in [5.74, 6) is -2.21. The van der Waals surface area contributed by atoms with E-state index in [2.05, 4.69) is 0 Å². The molecule has 0 aromatic heterocycles. The number of carbonyl (C=O) groups is 1. The van der Waals surface area contributed by atoms with Crippen LogP contribution in [0.25, 0.3) is 0 Å². The number of carbonyl (C=O) groups excluding carboxylic acids is 1. The average molecular weight is 220 g/mol. The molecule has 0 aromatic carbocycles. The molecule has 0 aliphatic carbocycles. The summed E-state index contributed by atoms with van der Waals surface area (Å²) in [5.41, 5.74) is 0. The van der Waals surface area contributed by atoms with E-state index in [4.69, 9.17) is 10.4 Å². The summed E-state index contributed by atoms with van der Waals surface area (Å²) in [7, 11) is -4.07. The molecule has 1 aliphatic rings. The quantitative estimate of drug-likeness (QED) is 0.458. The molecule has 1 amide bonds. The first-order valence-electron chi connectivity index (χ1n) is 2.39. The van der Waals surface area contributed by atoms with Gasteiger partial charge in [0.05, 0.1) is 0 Å². The molecule has 60 valence electrons. The van der Waals surface area contributed by atoms with E-state index in [1.165, 1.54) is 10.8 Å². The Morgan fingerprint density at radius 1 is 1.38 bits per heavy atom. The third kappa shape index (κ3) is 2.95. The standard InChI is InChI=1S/C4H2N2O4S.2Na/c5-1-2-3(7)4(8)6-11(2,9)10;;/h7H,(H,6,8);;. The average Bonchev–Trinajstić information content (AvgIpc) is 2.03. The molecule has 0 saturated carbocycles. The second-order valence-corrected chi connectivity index (χ2v) is 3.34. The fourth-order valence-corrected chi connectivity index (χ4v) is 1.48. The minimum Gasteiger partial charge on any atom is -0.502 e. The van der Waals surface area contributed by atoms with Crippen LogP contribution in [-0.2, 0) is 14.8 Å². The van der Waals surface area contributed by atoms with Crippen molar-refractivity contribution in [2.24, 2.45) is 0 Å². The molecule has 0 saturated heterocycles.